The molecule has 0 spiro atoms. The van der Waals surface area contributed by atoms with Crippen molar-refractivity contribution in [2.75, 3.05) is 11.1 Å². The zero-order valence-corrected chi connectivity index (χ0v) is 21.5. The van der Waals surface area contributed by atoms with E-state index in [4.69, 9.17) is 0 Å². The van der Waals surface area contributed by atoms with E-state index in [0.717, 1.165) is 16.8 Å². The molecule has 180 valence electrons. The minimum Gasteiger partial charge on any atom is -0.342 e. The van der Waals surface area contributed by atoms with Gasteiger partial charge >= 0.3 is 0 Å². The third-order valence-electron chi connectivity index (χ3n) is 5.35. The van der Waals surface area contributed by atoms with Crippen LogP contribution in [0.5, 0.6) is 0 Å². The van der Waals surface area contributed by atoms with E-state index >= 15 is 0 Å². The van der Waals surface area contributed by atoms with Crippen LogP contribution in [0.15, 0.2) is 59.1 Å². The first-order valence-electron chi connectivity index (χ1n) is 11.0. The highest BCUT2D eigenvalue weighted by Crippen LogP contribution is 2.26. The molecule has 2 aromatic heterocycles. The maximum atomic E-state index is 12.5. The van der Waals surface area contributed by atoms with Crippen LogP contribution in [0.4, 0.5) is 5.13 Å². The van der Waals surface area contributed by atoms with Crippen molar-refractivity contribution in [2.45, 2.75) is 32.0 Å². The van der Waals surface area contributed by atoms with E-state index in [1.54, 1.807) is 16.7 Å². The van der Waals surface area contributed by atoms with Crippen molar-refractivity contribution in [3.8, 4) is 11.3 Å². The summed E-state index contributed by atoms with van der Waals surface area (Å²) < 4.78 is 1.79. The fourth-order valence-electron chi connectivity index (χ4n) is 3.35. The van der Waals surface area contributed by atoms with Gasteiger partial charge in [0.1, 0.15) is 0 Å². The molecule has 0 saturated heterocycles. The molecule has 0 aliphatic heterocycles. The van der Waals surface area contributed by atoms with E-state index in [2.05, 4.69) is 25.8 Å². The minimum atomic E-state index is -0.347. The summed E-state index contributed by atoms with van der Waals surface area (Å²) in [6, 6.07) is 15.1. The monoisotopic (exact) mass is 506 g/mol. The number of anilines is 1. The lowest BCUT2D eigenvalue weighted by atomic mass is 10.1. The lowest BCUT2D eigenvalue weighted by Crippen LogP contribution is -2.28. The Kier molecular flexibility index (Phi) is 7.62. The van der Waals surface area contributed by atoms with Crippen molar-refractivity contribution < 1.29 is 9.59 Å². The zero-order chi connectivity index (χ0) is 24.9. The van der Waals surface area contributed by atoms with Crippen LogP contribution in [0.25, 0.3) is 11.3 Å². The summed E-state index contributed by atoms with van der Waals surface area (Å²) in [5.41, 5.74) is 4.71. The van der Waals surface area contributed by atoms with Crippen molar-refractivity contribution in [1.82, 2.24) is 25.1 Å². The van der Waals surface area contributed by atoms with Crippen LogP contribution in [-0.2, 0) is 11.8 Å². The molecule has 4 aromatic rings. The molecular weight excluding hydrogens is 480 g/mol. The Morgan fingerprint density at radius 2 is 1.69 bits per heavy atom. The molecule has 1 atom stereocenters. The van der Waals surface area contributed by atoms with Crippen LogP contribution in [-0.4, -0.2) is 37.3 Å². The molecule has 2 amide bonds. The third-order valence-corrected chi connectivity index (χ3v) is 7.13. The number of nitrogens with zero attached hydrogens (tertiary/aromatic N) is 4. The van der Waals surface area contributed by atoms with Gasteiger partial charge in [-0.3, -0.25) is 9.59 Å². The van der Waals surface area contributed by atoms with Gasteiger partial charge in [-0.15, -0.1) is 21.5 Å². The van der Waals surface area contributed by atoms with Crippen LogP contribution in [0.1, 0.15) is 40.3 Å². The molecule has 0 aliphatic rings. The van der Waals surface area contributed by atoms with E-state index in [-0.39, 0.29) is 23.6 Å². The molecule has 0 unspecified atom stereocenters. The summed E-state index contributed by atoms with van der Waals surface area (Å²) in [4.78, 5) is 29.5. The second-order valence-corrected chi connectivity index (χ2v) is 10.0. The molecule has 2 heterocycles. The van der Waals surface area contributed by atoms with Gasteiger partial charge in [-0.1, -0.05) is 59.3 Å². The number of rotatable bonds is 8. The maximum Gasteiger partial charge on any atom is 0.251 e. The third kappa shape index (κ3) is 6.14. The Balaban J connectivity index is 1.31. The summed E-state index contributed by atoms with van der Waals surface area (Å²) in [5, 5.41) is 17.3. The number of aromatic nitrogens is 4. The van der Waals surface area contributed by atoms with Gasteiger partial charge in [0.05, 0.1) is 17.5 Å². The van der Waals surface area contributed by atoms with E-state index in [1.807, 2.05) is 69.6 Å². The molecule has 35 heavy (non-hydrogen) atoms. The number of hydrogen-bond donors (Lipinski definition) is 2. The topological polar surface area (TPSA) is 102 Å². The highest BCUT2D eigenvalue weighted by atomic mass is 32.2. The fourth-order valence-corrected chi connectivity index (χ4v) is 4.81. The lowest BCUT2D eigenvalue weighted by Gasteiger charge is -2.13. The Hall–Kier alpha value is -3.50. The van der Waals surface area contributed by atoms with Crippen molar-refractivity contribution in [2.24, 2.45) is 7.05 Å². The number of hydrogen-bond acceptors (Lipinski definition) is 7. The van der Waals surface area contributed by atoms with Gasteiger partial charge in [0.25, 0.3) is 5.91 Å². The van der Waals surface area contributed by atoms with Gasteiger partial charge in [-0.05, 0) is 32.9 Å². The summed E-state index contributed by atoms with van der Waals surface area (Å²) in [6.07, 6.45) is 0. The first-order valence-corrected chi connectivity index (χ1v) is 12.9. The van der Waals surface area contributed by atoms with E-state index < -0.39 is 0 Å². The number of aryl methyl sites for hydroxylation is 2. The number of carbonyl (C=O) groups excluding carboxylic acids is 2. The largest absolute Gasteiger partial charge is 0.342 e. The number of amides is 2. The Bertz CT molecular complexity index is 1330. The predicted octanol–water partition coefficient (Wildman–Crippen LogP) is 4.78. The highest BCUT2D eigenvalue weighted by molar-refractivity contribution is 7.99. The van der Waals surface area contributed by atoms with Crippen LogP contribution in [0.2, 0.25) is 0 Å². The molecule has 4 rings (SSSR count). The normalized spacial score (nSPS) is 11.8. The molecule has 0 aliphatic carbocycles. The molecule has 10 heteroatoms. The standard InChI is InChI=1S/C25H26N6O2S2/c1-15-5-9-18(10-6-15)20-13-34-24(27-20)28-21(32)14-35-25-30-29-22(31(25)4)17(3)26-23(33)19-11-7-16(2)8-12-19/h5-13,17H,14H2,1-4H3,(H,26,33)(H,27,28,32)/t17-/m1/s1. The first kappa shape index (κ1) is 24.6. The van der Waals surface area contributed by atoms with Crippen LogP contribution in [0, 0.1) is 13.8 Å². The van der Waals surface area contributed by atoms with Gasteiger partial charge in [0.15, 0.2) is 16.1 Å². The molecule has 0 saturated carbocycles. The quantitative estimate of drug-likeness (QED) is 0.334. The van der Waals surface area contributed by atoms with Crippen LogP contribution < -0.4 is 10.6 Å². The average molecular weight is 507 g/mol. The van der Waals surface area contributed by atoms with Crippen molar-refractivity contribution in [1.29, 1.82) is 0 Å². The second kappa shape index (κ2) is 10.8. The average Bonchev–Trinajstić information content (AvgIpc) is 3.45. The van der Waals surface area contributed by atoms with Crippen molar-refractivity contribution in [3.63, 3.8) is 0 Å². The number of nitrogens with one attached hydrogen (secondary N) is 2. The number of benzene rings is 2. The Morgan fingerprint density at radius 1 is 1.03 bits per heavy atom. The molecule has 2 N–H and O–H groups in total. The zero-order valence-electron chi connectivity index (χ0n) is 19.9. The van der Waals surface area contributed by atoms with Crippen molar-refractivity contribution >= 4 is 40.0 Å². The Morgan fingerprint density at radius 3 is 2.37 bits per heavy atom. The SMILES string of the molecule is Cc1ccc(C(=O)N[C@H](C)c2nnc(SCC(=O)Nc3nc(-c4ccc(C)cc4)cs3)n2C)cc1. The number of thiazole rings is 1. The van der Waals surface area contributed by atoms with Gasteiger partial charge in [-0.25, -0.2) is 4.98 Å². The molecular formula is C25H26N6O2S2. The van der Waals surface area contributed by atoms with Gasteiger partial charge in [0, 0.05) is 23.6 Å². The summed E-state index contributed by atoms with van der Waals surface area (Å²) in [5.74, 6) is 0.416. The number of carbonyl (C=O) groups is 2. The smallest absolute Gasteiger partial charge is 0.251 e. The van der Waals surface area contributed by atoms with E-state index in [1.165, 1.54) is 28.7 Å². The van der Waals surface area contributed by atoms with Crippen LogP contribution in [0.3, 0.4) is 0 Å². The van der Waals surface area contributed by atoms with Gasteiger partial charge < -0.3 is 15.2 Å². The van der Waals surface area contributed by atoms with Gasteiger partial charge in [-0.2, -0.15) is 0 Å². The molecule has 0 bridgehead atoms. The highest BCUT2D eigenvalue weighted by Gasteiger charge is 2.19. The molecule has 2 aromatic carbocycles. The van der Waals surface area contributed by atoms with Crippen molar-refractivity contribution in [3.05, 3.63) is 76.4 Å². The van der Waals surface area contributed by atoms with Crippen LogP contribution >= 0.6 is 23.1 Å². The summed E-state index contributed by atoms with van der Waals surface area (Å²) >= 11 is 2.66. The fraction of sp³-hybridized carbons (Fsp3) is 0.240. The van der Waals surface area contributed by atoms with E-state index in [0.29, 0.717) is 21.7 Å². The molecule has 8 nitrogen and oxygen atoms in total. The van der Waals surface area contributed by atoms with Gasteiger partial charge in [0.2, 0.25) is 5.91 Å². The predicted molar refractivity (Wildman–Crippen MR) is 140 cm³/mol. The first-order chi connectivity index (χ1) is 16.8. The lowest BCUT2D eigenvalue weighted by molar-refractivity contribution is -0.113. The van der Waals surface area contributed by atoms with E-state index in [9.17, 15) is 9.59 Å². The summed E-state index contributed by atoms with van der Waals surface area (Å²) in [7, 11) is 1.82. The Labute approximate surface area is 212 Å². The second-order valence-electron chi connectivity index (χ2n) is 8.20. The minimum absolute atomic E-state index is 0.162. The summed E-state index contributed by atoms with van der Waals surface area (Å²) in [6.45, 7) is 5.87. The molecule has 0 radical (unpaired) electrons. The number of thioether (sulfide) groups is 1. The molecule has 0 fully saturated rings. The maximum absolute atomic E-state index is 12.5.